The number of sulfone groups is 1. The molecule has 0 fully saturated rings. The molecule has 1 aromatic carbocycles. The van der Waals surface area contributed by atoms with E-state index in [9.17, 15) is 8.42 Å². The first-order valence-electron chi connectivity index (χ1n) is 5.66. The molecule has 0 saturated heterocycles. The van der Waals surface area contributed by atoms with Gasteiger partial charge < -0.3 is 10.6 Å². The fourth-order valence-electron chi connectivity index (χ4n) is 1.40. The zero-order valence-electron chi connectivity index (χ0n) is 10.5. The van der Waals surface area contributed by atoms with Crippen LogP contribution in [0.1, 0.15) is 19.4 Å². The lowest BCUT2D eigenvalue weighted by molar-refractivity contribution is 0.587. The Balaban J connectivity index is 2.75. The molecule has 0 aliphatic rings. The molecule has 0 atom stereocenters. The molecule has 0 bridgehead atoms. The van der Waals surface area contributed by atoms with E-state index in [1.807, 2.05) is 19.2 Å². The van der Waals surface area contributed by atoms with Crippen molar-refractivity contribution in [2.24, 2.45) is 0 Å². The van der Waals surface area contributed by atoms with Gasteiger partial charge in [-0.15, -0.1) is 0 Å². The van der Waals surface area contributed by atoms with E-state index in [2.05, 4.69) is 10.6 Å². The first-order valence-corrected chi connectivity index (χ1v) is 7.21. The second kappa shape index (κ2) is 6.14. The van der Waals surface area contributed by atoms with Crippen molar-refractivity contribution in [1.82, 2.24) is 10.6 Å². The fraction of sp³-hybridized carbons (Fsp3) is 0.500. The van der Waals surface area contributed by atoms with Crippen LogP contribution in [-0.2, 0) is 16.4 Å². The summed E-state index contributed by atoms with van der Waals surface area (Å²) in [5.74, 6) is 0. The van der Waals surface area contributed by atoms with E-state index < -0.39 is 9.84 Å². The maximum Gasteiger partial charge on any atom is 0.180 e. The van der Waals surface area contributed by atoms with Crippen molar-refractivity contribution >= 4 is 9.84 Å². The molecule has 1 aromatic rings. The molecule has 5 heteroatoms. The summed E-state index contributed by atoms with van der Waals surface area (Å²) in [5.41, 5.74) is 1.07. The van der Waals surface area contributed by atoms with E-state index in [0.717, 1.165) is 18.8 Å². The van der Waals surface area contributed by atoms with Crippen LogP contribution in [-0.4, -0.2) is 27.4 Å². The molecular weight excluding hydrogens is 236 g/mol. The van der Waals surface area contributed by atoms with Gasteiger partial charge in [0.2, 0.25) is 0 Å². The van der Waals surface area contributed by atoms with Crippen LogP contribution < -0.4 is 10.6 Å². The van der Waals surface area contributed by atoms with Crippen LogP contribution in [0.15, 0.2) is 29.2 Å². The molecule has 0 saturated carbocycles. The third kappa shape index (κ3) is 3.80. The highest BCUT2D eigenvalue weighted by Crippen LogP contribution is 2.16. The van der Waals surface area contributed by atoms with Crippen molar-refractivity contribution in [2.75, 3.05) is 13.7 Å². The van der Waals surface area contributed by atoms with Gasteiger partial charge in [0.1, 0.15) is 0 Å². The zero-order chi connectivity index (χ0) is 12.9. The molecule has 0 heterocycles. The zero-order valence-corrected chi connectivity index (χ0v) is 11.3. The van der Waals surface area contributed by atoms with Crippen LogP contribution in [0.3, 0.4) is 0 Å². The summed E-state index contributed by atoms with van der Waals surface area (Å²) < 4.78 is 23.8. The van der Waals surface area contributed by atoms with Gasteiger partial charge in [0.25, 0.3) is 0 Å². The largest absolute Gasteiger partial charge is 0.308 e. The van der Waals surface area contributed by atoms with Gasteiger partial charge in [-0.1, -0.05) is 12.1 Å². The lowest BCUT2D eigenvalue weighted by Crippen LogP contribution is -2.25. The lowest BCUT2D eigenvalue weighted by Gasteiger charge is -2.09. The highest BCUT2D eigenvalue weighted by atomic mass is 32.2. The van der Waals surface area contributed by atoms with Crippen LogP contribution >= 0.6 is 0 Å². The van der Waals surface area contributed by atoms with E-state index in [1.54, 1.807) is 26.0 Å². The van der Waals surface area contributed by atoms with Crippen LogP contribution in [0.2, 0.25) is 0 Å². The number of hydrogen-bond acceptors (Lipinski definition) is 4. The minimum Gasteiger partial charge on any atom is -0.308 e. The van der Waals surface area contributed by atoms with Gasteiger partial charge in [0, 0.05) is 13.2 Å². The van der Waals surface area contributed by atoms with Crippen molar-refractivity contribution in [2.45, 2.75) is 30.5 Å². The summed E-state index contributed by atoms with van der Waals surface area (Å²) in [5, 5.41) is 5.77. The Bertz CT molecular complexity index is 438. The predicted octanol–water partition coefficient (Wildman–Crippen LogP) is 1.14. The Labute approximate surface area is 103 Å². The molecule has 0 aliphatic heterocycles. The summed E-state index contributed by atoms with van der Waals surface area (Å²) in [6, 6.07) is 7.04. The summed E-state index contributed by atoms with van der Waals surface area (Å²) in [6.45, 7) is 4.84. The van der Waals surface area contributed by atoms with E-state index in [-0.39, 0.29) is 5.25 Å². The first kappa shape index (κ1) is 14.2. The Morgan fingerprint density at radius 1 is 1.18 bits per heavy atom. The molecule has 2 N–H and O–H groups in total. The monoisotopic (exact) mass is 256 g/mol. The van der Waals surface area contributed by atoms with Crippen molar-refractivity contribution in [3.05, 3.63) is 29.8 Å². The normalized spacial score (nSPS) is 12.0. The Kier molecular flexibility index (Phi) is 5.11. The quantitative estimate of drug-likeness (QED) is 0.592. The summed E-state index contributed by atoms with van der Waals surface area (Å²) >= 11 is 0. The number of hydrogen-bond donors (Lipinski definition) is 2. The Morgan fingerprint density at radius 2 is 1.76 bits per heavy atom. The highest BCUT2D eigenvalue weighted by molar-refractivity contribution is 7.92. The lowest BCUT2D eigenvalue weighted by atomic mass is 10.2. The SMILES string of the molecule is CNCNCc1ccc(S(=O)(=O)C(C)C)cc1. The molecule has 4 nitrogen and oxygen atoms in total. The molecule has 0 aromatic heterocycles. The number of rotatable bonds is 6. The summed E-state index contributed by atoms with van der Waals surface area (Å²) in [7, 11) is -1.29. The van der Waals surface area contributed by atoms with Crippen molar-refractivity contribution in [1.29, 1.82) is 0 Å². The third-order valence-corrected chi connectivity index (χ3v) is 4.67. The molecule has 0 spiro atoms. The third-order valence-electron chi connectivity index (χ3n) is 2.50. The fourth-order valence-corrected chi connectivity index (χ4v) is 2.46. The minimum atomic E-state index is -3.15. The molecule has 17 heavy (non-hydrogen) atoms. The van der Waals surface area contributed by atoms with Crippen LogP contribution in [0.4, 0.5) is 0 Å². The van der Waals surface area contributed by atoms with E-state index in [0.29, 0.717) is 4.90 Å². The van der Waals surface area contributed by atoms with Gasteiger partial charge in [-0.05, 0) is 38.6 Å². The van der Waals surface area contributed by atoms with Gasteiger partial charge in [-0.2, -0.15) is 0 Å². The van der Waals surface area contributed by atoms with Gasteiger partial charge >= 0.3 is 0 Å². The minimum absolute atomic E-state index is 0.379. The second-order valence-electron chi connectivity index (χ2n) is 4.19. The average Bonchev–Trinajstić information content (AvgIpc) is 2.30. The number of benzene rings is 1. The second-order valence-corrected chi connectivity index (χ2v) is 6.70. The Morgan fingerprint density at radius 3 is 2.24 bits per heavy atom. The van der Waals surface area contributed by atoms with E-state index in [4.69, 9.17) is 0 Å². The predicted molar refractivity (Wildman–Crippen MR) is 69.5 cm³/mol. The van der Waals surface area contributed by atoms with E-state index >= 15 is 0 Å². The summed E-state index contributed by atoms with van der Waals surface area (Å²) in [6.07, 6.45) is 0. The average molecular weight is 256 g/mol. The van der Waals surface area contributed by atoms with Gasteiger partial charge in [0.15, 0.2) is 9.84 Å². The molecule has 0 amide bonds. The molecule has 0 unspecified atom stereocenters. The van der Waals surface area contributed by atoms with Crippen LogP contribution in [0, 0.1) is 0 Å². The van der Waals surface area contributed by atoms with Crippen LogP contribution in [0.5, 0.6) is 0 Å². The molecule has 0 radical (unpaired) electrons. The molecule has 96 valence electrons. The maximum atomic E-state index is 11.9. The number of nitrogens with one attached hydrogen (secondary N) is 2. The molecule has 0 aliphatic carbocycles. The molecule has 1 rings (SSSR count). The Hall–Kier alpha value is -0.910. The first-order chi connectivity index (χ1) is 7.98. The smallest absolute Gasteiger partial charge is 0.180 e. The standard InChI is InChI=1S/C12H20N2O2S/c1-10(2)17(15,16)12-6-4-11(5-7-12)8-14-9-13-3/h4-7,10,13-14H,8-9H2,1-3H3. The van der Waals surface area contributed by atoms with Gasteiger partial charge in [-0.3, -0.25) is 0 Å². The molecular formula is C12H20N2O2S. The van der Waals surface area contributed by atoms with Crippen molar-refractivity contribution in [3.8, 4) is 0 Å². The van der Waals surface area contributed by atoms with Crippen molar-refractivity contribution in [3.63, 3.8) is 0 Å². The maximum absolute atomic E-state index is 11.9. The topological polar surface area (TPSA) is 58.2 Å². The van der Waals surface area contributed by atoms with E-state index in [1.165, 1.54) is 0 Å². The van der Waals surface area contributed by atoms with Crippen molar-refractivity contribution < 1.29 is 8.42 Å². The van der Waals surface area contributed by atoms with Gasteiger partial charge in [-0.25, -0.2) is 8.42 Å². The summed E-state index contributed by atoms with van der Waals surface area (Å²) in [4.78, 5) is 0.393. The van der Waals surface area contributed by atoms with Gasteiger partial charge in [0.05, 0.1) is 10.1 Å². The highest BCUT2D eigenvalue weighted by Gasteiger charge is 2.18. The van der Waals surface area contributed by atoms with Crippen LogP contribution in [0.25, 0.3) is 0 Å².